The highest BCUT2D eigenvalue weighted by Gasteiger charge is 1.93. The number of aromatic amines is 1. The zero-order chi connectivity index (χ0) is 6.15. The number of hydrogen-bond donors (Lipinski definition) is 1. The second-order valence-corrected chi connectivity index (χ2v) is 2.03. The fourth-order valence-corrected chi connectivity index (χ4v) is 0.725. The molecule has 0 unspecified atom stereocenters. The molecule has 0 fully saturated rings. The van der Waals surface area contributed by atoms with Crippen LogP contribution in [0.25, 0.3) is 0 Å². The van der Waals surface area contributed by atoms with Gasteiger partial charge in [0.2, 0.25) is 0 Å². The first-order valence-corrected chi connectivity index (χ1v) is 2.70. The summed E-state index contributed by atoms with van der Waals surface area (Å²) >= 11 is 0. The molecule has 0 atom stereocenters. The molecule has 0 aliphatic rings. The topological polar surface area (TPSA) is 28.7 Å². The molecule has 0 bridgehead atoms. The molecule has 0 saturated carbocycles. The summed E-state index contributed by atoms with van der Waals surface area (Å²) in [6.45, 7) is 2.00. The van der Waals surface area contributed by atoms with Crippen LogP contribution in [0.3, 0.4) is 0 Å². The lowest BCUT2D eigenvalue weighted by Crippen LogP contribution is -2.12. The predicted molar refractivity (Wildman–Crippen MR) is 39.7 cm³/mol. The number of aryl methyl sites for hydroxylation is 1. The Bertz CT molecular complexity index is 174. The molecule has 0 radical (unpaired) electrons. The van der Waals surface area contributed by atoms with Crippen LogP contribution in [0.5, 0.6) is 0 Å². The van der Waals surface area contributed by atoms with Gasteiger partial charge in [0, 0.05) is 5.69 Å². The molecule has 1 rings (SSSR count). The quantitative estimate of drug-likeness (QED) is 0.356. The number of nitrogens with zero attached hydrogens (tertiary/aromatic N) is 1. The number of nitrogens with one attached hydrogen (secondary N) is 1. The lowest BCUT2D eigenvalue weighted by atomic mass is 10.0. The normalized spacial score (nSPS) is 9.62. The Morgan fingerprint density at radius 3 is 2.25 bits per heavy atom. The summed E-state index contributed by atoms with van der Waals surface area (Å²) in [5.41, 5.74) is 3.27. The maximum Gasteiger partial charge on any atom is 0.186 e. The van der Waals surface area contributed by atoms with Crippen LogP contribution in [0, 0.1) is 6.92 Å². The molecule has 0 aliphatic carbocycles. The highest BCUT2D eigenvalue weighted by atomic mass is 14.9. The maximum absolute atomic E-state index is 4.16. The SMILES string of the molecule is Bc1nc(C)c(B)[nH]1. The van der Waals surface area contributed by atoms with Gasteiger partial charge in [0.05, 0.1) is 5.72 Å². The lowest BCUT2D eigenvalue weighted by Gasteiger charge is -1.79. The fraction of sp³-hybridized carbons (Fsp3) is 0.250. The van der Waals surface area contributed by atoms with E-state index in [2.05, 4.69) is 9.97 Å². The summed E-state index contributed by atoms with van der Waals surface area (Å²) in [5, 5.41) is 0. The average molecular weight is 106 g/mol. The van der Waals surface area contributed by atoms with Crippen LogP contribution in [0.1, 0.15) is 5.69 Å². The fourth-order valence-electron chi connectivity index (χ4n) is 0.725. The summed E-state index contributed by atoms with van der Waals surface area (Å²) in [7, 11) is 3.98. The minimum absolute atomic E-state index is 1.00. The van der Waals surface area contributed by atoms with E-state index in [1.807, 2.05) is 22.6 Å². The third-order valence-electron chi connectivity index (χ3n) is 1.25. The standard InChI is InChI=1S/C4H8B2N2/c1-2-3(5)8-4(6)7-2/h5-6H2,1H3,(H,7,8). The first-order valence-electron chi connectivity index (χ1n) is 2.70. The van der Waals surface area contributed by atoms with Crippen molar-refractivity contribution in [1.29, 1.82) is 0 Å². The predicted octanol–water partition coefficient (Wildman–Crippen LogP) is -2.77. The molecule has 0 spiro atoms. The van der Waals surface area contributed by atoms with Crippen molar-refractivity contribution in [3.63, 3.8) is 0 Å². The molecule has 1 heterocycles. The summed E-state index contributed by atoms with van der Waals surface area (Å²) in [4.78, 5) is 7.25. The van der Waals surface area contributed by atoms with E-state index in [-0.39, 0.29) is 0 Å². The van der Waals surface area contributed by atoms with E-state index in [0.717, 1.165) is 11.4 Å². The number of H-pyrrole nitrogens is 1. The highest BCUT2D eigenvalue weighted by Crippen LogP contribution is 1.74. The van der Waals surface area contributed by atoms with Crippen molar-refractivity contribution in [1.82, 2.24) is 9.97 Å². The van der Waals surface area contributed by atoms with Crippen LogP contribution < -0.4 is 11.3 Å². The Hall–Kier alpha value is -0.660. The molecule has 4 heteroatoms. The number of aromatic nitrogens is 2. The van der Waals surface area contributed by atoms with Gasteiger partial charge >= 0.3 is 0 Å². The van der Waals surface area contributed by atoms with Crippen molar-refractivity contribution in [2.75, 3.05) is 0 Å². The van der Waals surface area contributed by atoms with E-state index >= 15 is 0 Å². The van der Waals surface area contributed by atoms with E-state index in [0.29, 0.717) is 0 Å². The minimum Gasteiger partial charge on any atom is -0.363 e. The smallest absolute Gasteiger partial charge is 0.186 e. The summed E-state index contributed by atoms with van der Waals surface area (Å²) in [6, 6.07) is 0. The van der Waals surface area contributed by atoms with Crippen molar-refractivity contribution < 1.29 is 0 Å². The zero-order valence-electron chi connectivity index (χ0n) is 5.45. The van der Waals surface area contributed by atoms with E-state index in [4.69, 9.17) is 0 Å². The number of imidazole rings is 1. The van der Waals surface area contributed by atoms with E-state index in [9.17, 15) is 0 Å². The van der Waals surface area contributed by atoms with Crippen LogP contribution >= 0.6 is 0 Å². The van der Waals surface area contributed by atoms with Gasteiger partial charge in [-0.1, -0.05) is 0 Å². The molecule has 0 amide bonds. The molecule has 0 saturated heterocycles. The van der Waals surface area contributed by atoms with Gasteiger partial charge in [0.1, 0.15) is 0 Å². The third-order valence-corrected chi connectivity index (χ3v) is 1.25. The van der Waals surface area contributed by atoms with Crippen LogP contribution in [-0.2, 0) is 0 Å². The van der Waals surface area contributed by atoms with Crippen molar-refractivity contribution in [2.45, 2.75) is 6.92 Å². The Balaban J connectivity index is 3.14. The van der Waals surface area contributed by atoms with Gasteiger partial charge < -0.3 is 4.98 Å². The molecule has 1 aromatic rings. The third kappa shape index (κ3) is 0.782. The number of hydrogen-bond acceptors (Lipinski definition) is 1. The van der Waals surface area contributed by atoms with Crippen LogP contribution in [0.4, 0.5) is 0 Å². The summed E-state index contributed by atoms with van der Waals surface area (Å²) < 4.78 is 0. The van der Waals surface area contributed by atoms with Crippen LogP contribution in [0.15, 0.2) is 0 Å². The summed E-state index contributed by atoms with van der Waals surface area (Å²) in [5.74, 6) is 0. The van der Waals surface area contributed by atoms with E-state index in [1.54, 1.807) is 0 Å². The van der Waals surface area contributed by atoms with Crippen LogP contribution in [-0.4, -0.2) is 25.7 Å². The van der Waals surface area contributed by atoms with Gasteiger partial charge in [-0.3, -0.25) is 4.98 Å². The van der Waals surface area contributed by atoms with Crippen molar-refractivity contribution in [3.05, 3.63) is 5.69 Å². The first kappa shape index (κ1) is 5.48. The Kier molecular flexibility index (Phi) is 1.16. The molecule has 0 aliphatic heterocycles. The van der Waals surface area contributed by atoms with Gasteiger partial charge in [-0.2, -0.15) is 0 Å². The van der Waals surface area contributed by atoms with E-state index < -0.39 is 0 Å². The summed E-state index contributed by atoms with van der Waals surface area (Å²) in [6.07, 6.45) is 0. The largest absolute Gasteiger partial charge is 0.363 e. The highest BCUT2D eigenvalue weighted by molar-refractivity contribution is 6.35. The average Bonchev–Trinajstić information content (AvgIpc) is 1.85. The molecular weight excluding hydrogens is 97.7 g/mol. The van der Waals surface area contributed by atoms with E-state index in [1.165, 1.54) is 5.59 Å². The Morgan fingerprint density at radius 2 is 2.12 bits per heavy atom. The second-order valence-electron chi connectivity index (χ2n) is 2.03. The zero-order valence-corrected chi connectivity index (χ0v) is 5.45. The maximum atomic E-state index is 4.16. The molecule has 0 aromatic carbocycles. The molecule has 8 heavy (non-hydrogen) atoms. The first-order chi connectivity index (χ1) is 3.70. The lowest BCUT2D eigenvalue weighted by molar-refractivity contribution is 1.31. The van der Waals surface area contributed by atoms with Gasteiger partial charge in [-0.05, 0) is 12.5 Å². The van der Waals surface area contributed by atoms with Gasteiger partial charge in [-0.15, -0.1) is 0 Å². The van der Waals surface area contributed by atoms with Crippen molar-refractivity contribution >= 4 is 27.0 Å². The minimum atomic E-state index is 1.00. The van der Waals surface area contributed by atoms with Crippen molar-refractivity contribution in [3.8, 4) is 0 Å². The monoisotopic (exact) mass is 106 g/mol. The van der Waals surface area contributed by atoms with Crippen LogP contribution in [0.2, 0.25) is 0 Å². The molecule has 40 valence electrons. The second kappa shape index (κ2) is 1.69. The van der Waals surface area contributed by atoms with Gasteiger partial charge in [-0.25, -0.2) is 0 Å². The molecule has 1 N–H and O–H groups in total. The Labute approximate surface area is 50.5 Å². The van der Waals surface area contributed by atoms with Gasteiger partial charge in [0.25, 0.3) is 0 Å². The number of rotatable bonds is 0. The Morgan fingerprint density at radius 1 is 1.50 bits per heavy atom. The van der Waals surface area contributed by atoms with Gasteiger partial charge in [0.15, 0.2) is 15.7 Å². The molecule has 1 aromatic heterocycles. The van der Waals surface area contributed by atoms with Crippen molar-refractivity contribution in [2.24, 2.45) is 0 Å². The molecular formula is C4H8B2N2. The molecule has 2 nitrogen and oxygen atoms in total.